The van der Waals surface area contributed by atoms with Crippen LogP contribution in [0.3, 0.4) is 0 Å². The van der Waals surface area contributed by atoms with Crippen molar-refractivity contribution in [2.45, 2.75) is 19.3 Å². The molecule has 0 radical (unpaired) electrons. The first-order valence-corrected chi connectivity index (χ1v) is 6.12. The Morgan fingerprint density at radius 1 is 1.28 bits per heavy atom. The summed E-state index contributed by atoms with van der Waals surface area (Å²) in [6.07, 6.45) is 5.01. The third-order valence-corrected chi connectivity index (χ3v) is 3.43. The van der Waals surface area contributed by atoms with E-state index < -0.39 is 0 Å². The minimum atomic E-state index is -0.309. The topological polar surface area (TPSA) is 75.1 Å². The van der Waals surface area contributed by atoms with E-state index in [-0.39, 0.29) is 10.6 Å². The lowest BCUT2D eigenvalue weighted by molar-refractivity contribution is -0.384. The highest BCUT2D eigenvalue weighted by molar-refractivity contribution is 5.87. The highest BCUT2D eigenvalue weighted by atomic mass is 16.6. The summed E-state index contributed by atoms with van der Waals surface area (Å²) in [5.74, 6) is 0. The number of rotatable bonds is 2. The molecule has 1 aliphatic heterocycles. The van der Waals surface area contributed by atoms with Gasteiger partial charge in [-0.2, -0.15) is 5.10 Å². The van der Waals surface area contributed by atoms with E-state index in [0.29, 0.717) is 5.69 Å². The van der Waals surface area contributed by atoms with E-state index in [4.69, 9.17) is 0 Å². The van der Waals surface area contributed by atoms with Crippen molar-refractivity contribution in [3.8, 4) is 0 Å². The fourth-order valence-electron chi connectivity index (χ4n) is 2.50. The van der Waals surface area contributed by atoms with Crippen LogP contribution >= 0.6 is 0 Å². The molecule has 0 saturated carbocycles. The van der Waals surface area contributed by atoms with Gasteiger partial charge in [-0.15, -0.1) is 0 Å². The average molecular weight is 246 g/mol. The van der Waals surface area contributed by atoms with Gasteiger partial charge in [0, 0.05) is 24.5 Å². The Morgan fingerprint density at radius 2 is 2.06 bits per heavy atom. The minimum Gasteiger partial charge on any atom is -0.366 e. The third-order valence-electron chi connectivity index (χ3n) is 3.43. The first-order chi connectivity index (χ1) is 8.75. The number of fused-ring (bicyclic) bond motifs is 1. The fraction of sp³-hybridized carbons (Fsp3) is 0.417. The lowest BCUT2D eigenvalue weighted by Gasteiger charge is -2.28. The number of anilines is 1. The van der Waals surface area contributed by atoms with E-state index in [9.17, 15) is 10.1 Å². The molecule has 1 fully saturated rings. The summed E-state index contributed by atoms with van der Waals surface area (Å²) in [6.45, 7) is 1.78. The summed E-state index contributed by atoms with van der Waals surface area (Å²) >= 11 is 0. The second kappa shape index (κ2) is 4.29. The standard InChI is InChI=1S/C12H14N4O2/c17-16(18)12-6-9-8-13-14-10(9)7-11(12)15-4-2-1-3-5-15/h6-8H,1-5H2,(H,13,14). The van der Waals surface area contributed by atoms with Crippen molar-refractivity contribution in [1.29, 1.82) is 0 Å². The number of H-pyrrole nitrogens is 1. The predicted molar refractivity (Wildman–Crippen MR) is 68.8 cm³/mol. The summed E-state index contributed by atoms with van der Waals surface area (Å²) < 4.78 is 0. The zero-order valence-electron chi connectivity index (χ0n) is 9.93. The maximum Gasteiger partial charge on any atom is 0.293 e. The molecule has 2 heterocycles. The van der Waals surface area contributed by atoms with E-state index in [1.165, 1.54) is 6.42 Å². The molecule has 1 N–H and O–H groups in total. The van der Waals surface area contributed by atoms with Crippen molar-refractivity contribution in [2.75, 3.05) is 18.0 Å². The summed E-state index contributed by atoms with van der Waals surface area (Å²) in [5.41, 5.74) is 1.73. The Bertz CT molecular complexity index is 587. The van der Waals surface area contributed by atoms with Gasteiger partial charge >= 0.3 is 0 Å². The number of nitro benzene ring substituents is 1. The van der Waals surface area contributed by atoms with Crippen molar-refractivity contribution < 1.29 is 4.92 Å². The van der Waals surface area contributed by atoms with Crippen LogP contribution in [0.4, 0.5) is 11.4 Å². The highest BCUT2D eigenvalue weighted by Gasteiger charge is 2.22. The highest BCUT2D eigenvalue weighted by Crippen LogP contribution is 2.33. The van der Waals surface area contributed by atoms with Gasteiger partial charge in [0.1, 0.15) is 5.69 Å². The quantitative estimate of drug-likeness (QED) is 0.652. The Labute approximate surface area is 104 Å². The van der Waals surface area contributed by atoms with E-state index in [2.05, 4.69) is 15.1 Å². The molecule has 2 aromatic rings. The monoisotopic (exact) mass is 246 g/mol. The summed E-state index contributed by atoms with van der Waals surface area (Å²) in [6, 6.07) is 3.44. The SMILES string of the molecule is O=[N+]([O-])c1cc2cn[nH]c2cc1N1CCCCC1. The molecular weight excluding hydrogens is 232 g/mol. The van der Waals surface area contributed by atoms with Crippen molar-refractivity contribution in [3.05, 3.63) is 28.4 Å². The van der Waals surface area contributed by atoms with Crippen LogP contribution in [0.5, 0.6) is 0 Å². The van der Waals surface area contributed by atoms with Gasteiger partial charge in [-0.3, -0.25) is 15.2 Å². The van der Waals surface area contributed by atoms with Crippen LogP contribution in [-0.2, 0) is 0 Å². The number of benzene rings is 1. The maximum atomic E-state index is 11.2. The van der Waals surface area contributed by atoms with Crippen LogP contribution in [0, 0.1) is 10.1 Å². The summed E-state index contributed by atoms with van der Waals surface area (Å²) in [5, 5.41) is 18.7. The molecule has 1 aromatic carbocycles. The summed E-state index contributed by atoms with van der Waals surface area (Å²) in [4.78, 5) is 13.0. The lowest BCUT2D eigenvalue weighted by Crippen LogP contribution is -2.29. The van der Waals surface area contributed by atoms with E-state index >= 15 is 0 Å². The molecule has 0 unspecified atom stereocenters. The molecule has 94 valence electrons. The second-order valence-corrected chi connectivity index (χ2v) is 4.60. The van der Waals surface area contributed by atoms with Crippen LogP contribution in [0.1, 0.15) is 19.3 Å². The molecular formula is C12H14N4O2. The van der Waals surface area contributed by atoms with Gasteiger partial charge in [0.15, 0.2) is 0 Å². The van der Waals surface area contributed by atoms with E-state index in [1.807, 2.05) is 6.07 Å². The molecule has 0 spiro atoms. The van der Waals surface area contributed by atoms with Crippen LogP contribution in [-0.4, -0.2) is 28.2 Å². The van der Waals surface area contributed by atoms with Gasteiger partial charge < -0.3 is 4.90 Å². The van der Waals surface area contributed by atoms with Crippen LogP contribution in [0.15, 0.2) is 18.3 Å². The fourth-order valence-corrected chi connectivity index (χ4v) is 2.50. The Kier molecular flexibility index (Phi) is 2.62. The van der Waals surface area contributed by atoms with Gasteiger partial charge in [-0.1, -0.05) is 0 Å². The average Bonchev–Trinajstić information content (AvgIpc) is 2.85. The van der Waals surface area contributed by atoms with E-state index in [1.54, 1.807) is 12.3 Å². The minimum absolute atomic E-state index is 0.172. The molecule has 0 atom stereocenters. The van der Waals surface area contributed by atoms with Crippen molar-refractivity contribution in [3.63, 3.8) is 0 Å². The normalized spacial score (nSPS) is 16.1. The number of nitrogens with one attached hydrogen (secondary N) is 1. The number of piperidine rings is 1. The maximum absolute atomic E-state index is 11.2. The number of hydrogen-bond donors (Lipinski definition) is 1. The van der Waals surface area contributed by atoms with Crippen LogP contribution in [0.2, 0.25) is 0 Å². The van der Waals surface area contributed by atoms with Gasteiger partial charge in [0.05, 0.1) is 16.6 Å². The van der Waals surface area contributed by atoms with Gasteiger partial charge in [0.2, 0.25) is 0 Å². The molecule has 6 heteroatoms. The van der Waals surface area contributed by atoms with Crippen molar-refractivity contribution in [1.82, 2.24) is 10.2 Å². The molecule has 1 aromatic heterocycles. The molecule has 6 nitrogen and oxygen atoms in total. The Morgan fingerprint density at radius 3 is 2.78 bits per heavy atom. The largest absolute Gasteiger partial charge is 0.366 e. The van der Waals surface area contributed by atoms with Crippen LogP contribution < -0.4 is 4.90 Å². The molecule has 0 bridgehead atoms. The van der Waals surface area contributed by atoms with Gasteiger partial charge in [0.25, 0.3) is 5.69 Å². The number of aromatic nitrogens is 2. The van der Waals surface area contributed by atoms with Gasteiger partial charge in [-0.05, 0) is 25.3 Å². The molecule has 0 amide bonds. The lowest BCUT2D eigenvalue weighted by atomic mass is 10.1. The number of hydrogen-bond acceptors (Lipinski definition) is 4. The van der Waals surface area contributed by atoms with E-state index in [0.717, 1.165) is 36.8 Å². The smallest absolute Gasteiger partial charge is 0.293 e. The van der Waals surface area contributed by atoms with Crippen LogP contribution in [0.25, 0.3) is 10.9 Å². The first kappa shape index (κ1) is 11.0. The molecule has 1 aliphatic rings. The third kappa shape index (κ3) is 1.79. The summed E-state index contributed by atoms with van der Waals surface area (Å²) in [7, 11) is 0. The van der Waals surface area contributed by atoms with Crippen molar-refractivity contribution in [2.24, 2.45) is 0 Å². The van der Waals surface area contributed by atoms with Gasteiger partial charge in [-0.25, -0.2) is 0 Å². The molecule has 3 rings (SSSR count). The molecule has 18 heavy (non-hydrogen) atoms. The Balaban J connectivity index is 2.11. The first-order valence-electron chi connectivity index (χ1n) is 6.12. The zero-order chi connectivity index (χ0) is 12.5. The number of nitro groups is 1. The number of aromatic amines is 1. The predicted octanol–water partition coefficient (Wildman–Crippen LogP) is 2.46. The zero-order valence-corrected chi connectivity index (χ0v) is 9.93. The molecule has 0 aliphatic carbocycles. The number of nitrogens with zero attached hydrogens (tertiary/aromatic N) is 3. The van der Waals surface area contributed by atoms with Crippen molar-refractivity contribution >= 4 is 22.3 Å². The molecule has 1 saturated heterocycles. The Hall–Kier alpha value is -2.11. The second-order valence-electron chi connectivity index (χ2n) is 4.60.